The molecule has 0 saturated carbocycles. The topological polar surface area (TPSA) is 78.4 Å². The van der Waals surface area contributed by atoms with E-state index < -0.39 is 29.5 Å². The quantitative estimate of drug-likeness (QED) is 0.754. The second-order valence-corrected chi connectivity index (χ2v) is 4.86. The molecule has 0 amide bonds. The number of rotatable bonds is 5. The summed E-state index contributed by atoms with van der Waals surface area (Å²) < 4.78 is 61.5. The maximum Gasteiger partial charge on any atom is 0.402 e. The van der Waals surface area contributed by atoms with Gasteiger partial charge >= 0.3 is 6.18 Å². The summed E-state index contributed by atoms with van der Waals surface area (Å²) in [6, 6.07) is 5.83. The number of hydrogen-bond acceptors (Lipinski definition) is 3. The summed E-state index contributed by atoms with van der Waals surface area (Å²) in [7, 11) is -4.33. The Kier molecular flexibility index (Phi) is 4.54. The SMILES string of the molecule is O=S(=O)(NCC(F)(F)F)Nc1ccccc1CO. The van der Waals surface area contributed by atoms with Crippen molar-refractivity contribution in [3.05, 3.63) is 29.8 Å². The van der Waals surface area contributed by atoms with Gasteiger partial charge < -0.3 is 5.11 Å². The number of benzene rings is 1. The van der Waals surface area contributed by atoms with Crippen LogP contribution >= 0.6 is 0 Å². The predicted octanol–water partition coefficient (Wildman–Crippen LogP) is 0.988. The fraction of sp³-hybridized carbons (Fsp3) is 0.333. The first kappa shape index (κ1) is 14.7. The molecule has 0 aromatic heterocycles. The number of hydrogen-bond donors (Lipinski definition) is 3. The molecule has 102 valence electrons. The molecule has 0 radical (unpaired) electrons. The summed E-state index contributed by atoms with van der Waals surface area (Å²) in [5, 5.41) is 8.94. The molecule has 0 aliphatic carbocycles. The lowest BCUT2D eigenvalue weighted by Gasteiger charge is -2.13. The lowest BCUT2D eigenvalue weighted by Crippen LogP contribution is -2.37. The lowest BCUT2D eigenvalue weighted by molar-refractivity contribution is -0.121. The summed E-state index contributed by atoms with van der Waals surface area (Å²) in [4.78, 5) is 0. The van der Waals surface area contributed by atoms with Crippen molar-refractivity contribution < 1.29 is 26.7 Å². The second kappa shape index (κ2) is 5.55. The molecule has 1 rings (SSSR count). The zero-order valence-electron chi connectivity index (χ0n) is 9.03. The average molecular weight is 284 g/mol. The molecule has 0 fully saturated rings. The number of anilines is 1. The number of para-hydroxylation sites is 1. The van der Waals surface area contributed by atoms with Gasteiger partial charge in [0.15, 0.2) is 0 Å². The maximum absolute atomic E-state index is 11.9. The van der Waals surface area contributed by atoms with Gasteiger partial charge in [-0.3, -0.25) is 4.72 Å². The smallest absolute Gasteiger partial charge is 0.392 e. The van der Waals surface area contributed by atoms with E-state index in [-0.39, 0.29) is 11.3 Å². The molecule has 1 aromatic rings. The van der Waals surface area contributed by atoms with Gasteiger partial charge in [0.25, 0.3) is 10.2 Å². The van der Waals surface area contributed by atoms with E-state index in [2.05, 4.69) is 0 Å². The Morgan fingerprint density at radius 3 is 2.39 bits per heavy atom. The van der Waals surface area contributed by atoms with E-state index in [1.54, 1.807) is 6.07 Å². The zero-order valence-corrected chi connectivity index (χ0v) is 9.85. The summed E-state index contributed by atoms with van der Waals surface area (Å²) >= 11 is 0. The van der Waals surface area contributed by atoms with Gasteiger partial charge in [0.05, 0.1) is 12.3 Å². The number of nitrogens with one attached hydrogen (secondary N) is 2. The molecule has 3 N–H and O–H groups in total. The number of halogens is 3. The summed E-state index contributed by atoms with van der Waals surface area (Å²) in [6.45, 7) is -2.10. The van der Waals surface area contributed by atoms with Gasteiger partial charge in [0.1, 0.15) is 6.54 Å². The lowest BCUT2D eigenvalue weighted by atomic mass is 10.2. The van der Waals surface area contributed by atoms with Gasteiger partial charge in [-0.2, -0.15) is 26.3 Å². The number of alkyl halides is 3. The Bertz CT molecular complexity index is 502. The van der Waals surface area contributed by atoms with Gasteiger partial charge in [0.2, 0.25) is 0 Å². The summed E-state index contributed by atoms with van der Waals surface area (Å²) in [5.41, 5.74) is 0.282. The monoisotopic (exact) mass is 284 g/mol. The summed E-state index contributed by atoms with van der Waals surface area (Å²) in [6.07, 6.45) is -4.63. The Balaban J connectivity index is 2.77. The van der Waals surface area contributed by atoms with Crippen LogP contribution in [0.4, 0.5) is 18.9 Å². The first-order valence-corrected chi connectivity index (χ1v) is 6.25. The van der Waals surface area contributed by atoms with E-state index in [9.17, 15) is 21.6 Å². The molecule has 0 aliphatic rings. The Hall–Kier alpha value is -1.32. The highest BCUT2D eigenvalue weighted by molar-refractivity contribution is 7.90. The van der Waals surface area contributed by atoms with Crippen LogP contribution < -0.4 is 9.44 Å². The highest BCUT2D eigenvalue weighted by Crippen LogP contribution is 2.17. The van der Waals surface area contributed by atoms with Crippen LogP contribution in [0.5, 0.6) is 0 Å². The van der Waals surface area contributed by atoms with E-state index in [1.807, 2.05) is 4.72 Å². The third-order valence-corrected chi connectivity index (χ3v) is 2.91. The average Bonchev–Trinajstić information content (AvgIpc) is 2.26. The number of aliphatic hydroxyl groups is 1. The molecule has 1 aromatic carbocycles. The van der Waals surface area contributed by atoms with Crippen LogP contribution in [-0.2, 0) is 16.8 Å². The van der Waals surface area contributed by atoms with Crippen LogP contribution in [0.3, 0.4) is 0 Å². The Morgan fingerprint density at radius 1 is 1.22 bits per heavy atom. The molecule has 0 saturated heterocycles. The molecule has 5 nitrogen and oxygen atoms in total. The molecule has 0 aliphatic heterocycles. The van der Waals surface area contributed by atoms with Crippen LogP contribution in [0.2, 0.25) is 0 Å². The van der Waals surface area contributed by atoms with Crippen molar-refractivity contribution in [3.8, 4) is 0 Å². The Labute approximate surface area is 102 Å². The normalized spacial score (nSPS) is 12.4. The molecular weight excluding hydrogens is 273 g/mol. The van der Waals surface area contributed by atoms with E-state index in [0.29, 0.717) is 0 Å². The molecule has 0 atom stereocenters. The highest BCUT2D eigenvalue weighted by atomic mass is 32.2. The van der Waals surface area contributed by atoms with Crippen LogP contribution in [0, 0.1) is 0 Å². The Morgan fingerprint density at radius 2 is 1.83 bits per heavy atom. The van der Waals surface area contributed by atoms with Crippen molar-refractivity contribution in [3.63, 3.8) is 0 Å². The van der Waals surface area contributed by atoms with Crippen molar-refractivity contribution in [2.24, 2.45) is 0 Å². The van der Waals surface area contributed by atoms with Crippen molar-refractivity contribution in [1.82, 2.24) is 4.72 Å². The number of aliphatic hydroxyl groups excluding tert-OH is 1. The minimum atomic E-state index is -4.63. The minimum Gasteiger partial charge on any atom is -0.392 e. The van der Waals surface area contributed by atoms with Crippen LogP contribution in [0.15, 0.2) is 24.3 Å². The van der Waals surface area contributed by atoms with E-state index >= 15 is 0 Å². The highest BCUT2D eigenvalue weighted by Gasteiger charge is 2.29. The molecule has 0 heterocycles. The van der Waals surface area contributed by atoms with E-state index in [0.717, 1.165) is 0 Å². The largest absolute Gasteiger partial charge is 0.402 e. The van der Waals surface area contributed by atoms with Crippen molar-refractivity contribution in [1.29, 1.82) is 0 Å². The maximum atomic E-state index is 11.9. The van der Waals surface area contributed by atoms with Gasteiger partial charge in [0, 0.05) is 5.56 Å². The van der Waals surface area contributed by atoms with E-state index in [1.165, 1.54) is 22.9 Å². The van der Waals surface area contributed by atoms with Gasteiger partial charge in [-0.1, -0.05) is 18.2 Å². The van der Waals surface area contributed by atoms with E-state index in [4.69, 9.17) is 5.11 Å². The van der Waals surface area contributed by atoms with Crippen LogP contribution in [0.25, 0.3) is 0 Å². The minimum absolute atomic E-state index is 0.0228. The van der Waals surface area contributed by atoms with Crippen LogP contribution in [-0.4, -0.2) is 26.2 Å². The summed E-state index contributed by atoms with van der Waals surface area (Å²) in [5.74, 6) is 0. The van der Waals surface area contributed by atoms with Crippen LogP contribution in [0.1, 0.15) is 5.56 Å². The van der Waals surface area contributed by atoms with Gasteiger partial charge in [-0.25, -0.2) is 0 Å². The second-order valence-electron chi connectivity index (χ2n) is 3.36. The van der Waals surface area contributed by atoms with Gasteiger partial charge in [-0.05, 0) is 6.07 Å². The first-order chi connectivity index (χ1) is 8.23. The van der Waals surface area contributed by atoms with Gasteiger partial charge in [-0.15, -0.1) is 0 Å². The standard InChI is InChI=1S/C9H11F3N2O3S/c10-9(11,12)6-13-18(16,17)14-8-4-2-1-3-7(8)5-15/h1-4,13-15H,5-6H2. The molecule has 0 unspecified atom stereocenters. The molecule has 18 heavy (non-hydrogen) atoms. The molecule has 9 heteroatoms. The fourth-order valence-corrected chi connectivity index (χ4v) is 2.03. The third-order valence-electron chi connectivity index (χ3n) is 1.89. The van der Waals surface area contributed by atoms with Crippen molar-refractivity contribution in [2.75, 3.05) is 11.3 Å². The van der Waals surface area contributed by atoms with Crippen molar-refractivity contribution >= 4 is 15.9 Å². The predicted molar refractivity (Wildman–Crippen MR) is 59.0 cm³/mol. The first-order valence-electron chi connectivity index (χ1n) is 4.76. The molecule has 0 spiro atoms. The van der Waals surface area contributed by atoms with Crippen molar-refractivity contribution in [2.45, 2.75) is 12.8 Å². The zero-order chi connectivity index (χ0) is 13.8. The molecular formula is C9H11F3N2O3S. The fourth-order valence-electron chi connectivity index (χ4n) is 1.12. The third kappa shape index (κ3) is 4.90. The molecule has 0 bridgehead atoms.